The Labute approximate surface area is 130 Å². The van der Waals surface area contributed by atoms with E-state index in [9.17, 15) is 4.79 Å². The summed E-state index contributed by atoms with van der Waals surface area (Å²) in [6.07, 6.45) is 12.7. The maximum atomic E-state index is 13.0. The van der Waals surface area contributed by atoms with Crippen molar-refractivity contribution in [1.29, 1.82) is 0 Å². The van der Waals surface area contributed by atoms with Crippen molar-refractivity contribution in [2.45, 2.75) is 70.3 Å². The maximum Gasteiger partial charge on any atom is 0.225 e. The van der Waals surface area contributed by atoms with Crippen molar-refractivity contribution in [2.24, 2.45) is 11.8 Å². The molecule has 3 fully saturated rings. The van der Waals surface area contributed by atoms with E-state index in [-0.39, 0.29) is 0 Å². The molecule has 3 aliphatic rings. The highest BCUT2D eigenvalue weighted by atomic mass is 16.2. The van der Waals surface area contributed by atoms with Crippen molar-refractivity contribution in [3.05, 3.63) is 0 Å². The summed E-state index contributed by atoms with van der Waals surface area (Å²) in [7, 11) is 2.32. The molecule has 0 aromatic carbocycles. The van der Waals surface area contributed by atoms with E-state index in [4.69, 9.17) is 0 Å². The molecule has 0 bridgehead atoms. The number of nitrogens with one attached hydrogen (secondary N) is 1. The molecule has 0 spiro atoms. The number of hydrogen-bond acceptors (Lipinski definition) is 1. The molecule has 1 amide bonds. The molecule has 2 aliphatic heterocycles. The summed E-state index contributed by atoms with van der Waals surface area (Å²) in [4.78, 5) is 17.0. The monoisotopic (exact) mass is 293 g/mol. The molecule has 0 aromatic heterocycles. The first kappa shape index (κ1) is 15.3. The molecular formula is C18H33N2O+. The molecule has 1 saturated carbocycles. The van der Waals surface area contributed by atoms with Gasteiger partial charge in [-0.05, 0) is 44.9 Å². The van der Waals surface area contributed by atoms with Crippen LogP contribution in [-0.4, -0.2) is 43.5 Å². The number of hydrogen-bond donors (Lipinski definition) is 1. The predicted octanol–water partition coefficient (Wildman–Crippen LogP) is 1.87. The van der Waals surface area contributed by atoms with Gasteiger partial charge in [0, 0.05) is 24.4 Å². The zero-order chi connectivity index (χ0) is 14.7. The van der Waals surface area contributed by atoms with Crippen molar-refractivity contribution >= 4 is 5.91 Å². The van der Waals surface area contributed by atoms with Gasteiger partial charge in [0.25, 0.3) is 0 Å². The van der Waals surface area contributed by atoms with Crippen LogP contribution in [0.25, 0.3) is 0 Å². The van der Waals surface area contributed by atoms with Crippen molar-refractivity contribution in [3.63, 3.8) is 0 Å². The highest BCUT2D eigenvalue weighted by Gasteiger charge is 2.38. The molecule has 3 nitrogen and oxygen atoms in total. The topological polar surface area (TPSA) is 24.8 Å². The van der Waals surface area contributed by atoms with Gasteiger partial charge in [0.15, 0.2) is 0 Å². The quantitative estimate of drug-likeness (QED) is 0.826. The van der Waals surface area contributed by atoms with Crippen LogP contribution in [0.3, 0.4) is 0 Å². The lowest BCUT2D eigenvalue weighted by Gasteiger charge is -2.44. The second kappa shape index (κ2) is 7.13. The summed E-state index contributed by atoms with van der Waals surface area (Å²) in [6, 6.07) is 0.559. The Kier molecular flexibility index (Phi) is 5.20. The minimum absolute atomic E-state index is 0.355. The van der Waals surface area contributed by atoms with Gasteiger partial charge in [0.05, 0.1) is 20.1 Å². The lowest BCUT2D eigenvalue weighted by Crippen LogP contribution is -3.11. The third-order valence-electron chi connectivity index (χ3n) is 6.12. The number of piperidine rings is 2. The lowest BCUT2D eigenvalue weighted by molar-refractivity contribution is -0.889. The Morgan fingerprint density at radius 2 is 1.71 bits per heavy atom. The first-order valence-corrected chi connectivity index (χ1v) is 9.37. The summed E-state index contributed by atoms with van der Waals surface area (Å²) < 4.78 is 0. The van der Waals surface area contributed by atoms with Crippen LogP contribution in [0, 0.1) is 11.8 Å². The van der Waals surface area contributed by atoms with Crippen molar-refractivity contribution < 1.29 is 9.69 Å². The van der Waals surface area contributed by atoms with Gasteiger partial charge in [-0.1, -0.05) is 19.3 Å². The second-order valence-corrected chi connectivity index (χ2v) is 7.74. The van der Waals surface area contributed by atoms with Crippen LogP contribution in [0.15, 0.2) is 0 Å². The van der Waals surface area contributed by atoms with Crippen molar-refractivity contribution in [3.8, 4) is 0 Å². The molecule has 3 heteroatoms. The summed E-state index contributed by atoms with van der Waals surface area (Å²) in [5.41, 5.74) is 0. The number of rotatable bonds is 2. The molecule has 3 rings (SSSR count). The smallest absolute Gasteiger partial charge is 0.225 e. The van der Waals surface area contributed by atoms with E-state index in [0.717, 1.165) is 25.3 Å². The van der Waals surface area contributed by atoms with Crippen molar-refractivity contribution in [2.75, 3.05) is 26.7 Å². The number of nitrogens with zero attached hydrogens (tertiary/aromatic N) is 1. The average Bonchev–Trinajstić information content (AvgIpc) is 2.55. The van der Waals surface area contributed by atoms with Crippen LogP contribution >= 0.6 is 0 Å². The fourth-order valence-corrected chi connectivity index (χ4v) is 4.95. The van der Waals surface area contributed by atoms with Gasteiger partial charge in [-0.2, -0.15) is 0 Å². The van der Waals surface area contributed by atoms with E-state index < -0.39 is 0 Å². The zero-order valence-corrected chi connectivity index (χ0v) is 13.8. The van der Waals surface area contributed by atoms with Gasteiger partial charge in [-0.3, -0.25) is 4.79 Å². The molecule has 2 heterocycles. The third kappa shape index (κ3) is 3.61. The molecule has 2 unspecified atom stereocenters. The van der Waals surface area contributed by atoms with Gasteiger partial charge >= 0.3 is 0 Å². The summed E-state index contributed by atoms with van der Waals surface area (Å²) in [5.74, 6) is 1.63. The Bertz CT molecular complexity index is 351. The Balaban J connectivity index is 1.66. The highest BCUT2D eigenvalue weighted by Crippen LogP contribution is 2.31. The lowest BCUT2D eigenvalue weighted by atomic mass is 9.82. The van der Waals surface area contributed by atoms with Crippen LogP contribution < -0.4 is 4.90 Å². The molecular weight excluding hydrogens is 260 g/mol. The van der Waals surface area contributed by atoms with Gasteiger partial charge in [0.1, 0.15) is 0 Å². The highest BCUT2D eigenvalue weighted by molar-refractivity contribution is 5.79. The SMILES string of the molecule is C[NH+]1CCCC([C@H]2CCCCN2C(=O)C2CCCCC2)C1. The minimum atomic E-state index is 0.355. The van der Waals surface area contributed by atoms with Gasteiger partial charge in [-0.15, -0.1) is 0 Å². The number of carbonyl (C=O) groups is 1. The number of likely N-dealkylation sites (tertiary alicyclic amines) is 2. The fourth-order valence-electron chi connectivity index (χ4n) is 4.95. The summed E-state index contributed by atoms with van der Waals surface area (Å²) in [5, 5.41) is 0. The van der Waals surface area contributed by atoms with Gasteiger partial charge in [-0.25, -0.2) is 0 Å². The van der Waals surface area contributed by atoms with E-state index >= 15 is 0 Å². The Morgan fingerprint density at radius 3 is 2.48 bits per heavy atom. The van der Waals surface area contributed by atoms with Gasteiger partial charge < -0.3 is 9.80 Å². The van der Waals surface area contributed by atoms with Crippen LogP contribution in [0.2, 0.25) is 0 Å². The fraction of sp³-hybridized carbons (Fsp3) is 0.944. The summed E-state index contributed by atoms with van der Waals surface area (Å²) in [6.45, 7) is 3.63. The van der Waals surface area contributed by atoms with E-state index in [1.54, 1.807) is 4.90 Å². The van der Waals surface area contributed by atoms with E-state index in [1.165, 1.54) is 64.5 Å². The van der Waals surface area contributed by atoms with Crippen LogP contribution in [0.1, 0.15) is 64.2 Å². The first-order chi connectivity index (χ1) is 10.3. The Morgan fingerprint density at radius 1 is 0.952 bits per heavy atom. The van der Waals surface area contributed by atoms with Crippen LogP contribution in [0.5, 0.6) is 0 Å². The van der Waals surface area contributed by atoms with Crippen molar-refractivity contribution in [1.82, 2.24) is 4.90 Å². The maximum absolute atomic E-state index is 13.0. The van der Waals surface area contributed by atoms with Gasteiger partial charge in [0.2, 0.25) is 5.91 Å². The first-order valence-electron chi connectivity index (χ1n) is 9.37. The molecule has 0 aromatic rings. The molecule has 0 radical (unpaired) electrons. The standard InChI is InChI=1S/C18H32N2O/c1-19-12-7-10-16(14-19)17-11-5-6-13-20(17)18(21)15-8-3-2-4-9-15/h15-17H,2-14H2,1H3/p+1/t16?,17-/m1/s1. The number of amides is 1. The van der Waals surface area contributed by atoms with Crippen LogP contribution in [-0.2, 0) is 4.79 Å². The zero-order valence-electron chi connectivity index (χ0n) is 13.8. The normalized spacial score (nSPS) is 35.7. The third-order valence-corrected chi connectivity index (χ3v) is 6.12. The molecule has 1 N–H and O–H groups in total. The second-order valence-electron chi connectivity index (χ2n) is 7.74. The minimum Gasteiger partial charge on any atom is -0.339 e. The van der Waals surface area contributed by atoms with Crippen LogP contribution in [0.4, 0.5) is 0 Å². The largest absolute Gasteiger partial charge is 0.339 e. The number of quaternary nitrogens is 1. The van der Waals surface area contributed by atoms with E-state index in [2.05, 4.69) is 11.9 Å². The molecule has 2 saturated heterocycles. The van der Waals surface area contributed by atoms with E-state index in [1.807, 2.05) is 0 Å². The molecule has 21 heavy (non-hydrogen) atoms. The number of carbonyl (C=O) groups excluding carboxylic acids is 1. The predicted molar refractivity (Wildman–Crippen MR) is 85.3 cm³/mol. The molecule has 120 valence electrons. The molecule has 3 atom stereocenters. The van der Waals surface area contributed by atoms with E-state index in [0.29, 0.717) is 17.9 Å². The Hall–Kier alpha value is -0.570. The summed E-state index contributed by atoms with van der Waals surface area (Å²) >= 11 is 0. The average molecular weight is 293 g/mol. The molecule has 1 aliphatic carbocycles.